The molecule has 2 rings (SSSR count). The Labute approximate surface area is 67.8 Å². The first-order valence-corrected chi connectivity index (χ1v) is 3.74. The van der Waals surface area contributed by atoms with Crippen LogP contribution in [0.15, 0.2) is 4.42 Å². The highest BCUT2D eigenvalue weighted by Gasteiger charge is 2.21. The first-order chi connectivity index (χ1) is 5.77. The van der Waals surface area contributed by atoms with Gasteiger partial charge >= 0.3 is 6.43 Å². The van der Waals surface area contributed by atoms with Crippen LogP contribution in [0.2, 0.25) is 0 Å². The van der Waals surface area contributed by atoms with Crippen molar-refractivity contribution >= 4 is 0 Å². The lowest BCUT2D eigenvalue weighted by atomic mass is 10.2. The average molecular weight is 174 g/mol. The van der Waals surface area contributed by atoms with Gasteiger partial charge in [-0.1, -0.05) is 0 Å². The van der Waals surface area contributed by atoms with Crippen LogP contribution in [0.4, 0.5) is 8.78 Å². The molecule has 0 saturated heterocycles. The summed E-state index contributed by atoms with van der Waals surface area (Å²) < 4.78 is 29.0. The number of rotatable bonds is 1. The molecule has 0 atom stereocenters. The van der Waals surface area contributed by atoms with Gasteiger partial charge in [0.15, 0.2) is 0 Å². The van der Waals surface area contributed by atoms with Crippen LogP contribution in [0.1, 0.15) is 23.8 Å². The molecule has 0 radical (unpaired) electrons. The number of nitrogens with one attached hydrogen (secondary N) is 1. The van der Waals surface area contributed by atoms with Gasteiger partial charge in [0.2, 0.25) is 0 Å². The zero-order chi connectivity index (χ0) is 8.55. The molecule has 1 aromatic heterocycles. The number of alkyl halides is 2. The number of halogens is 2. The van der Waals surface area contributed by atoms with Crippen LogP contribution in [0.3, 0.4) is 0 Å². The summed E-state index contributed by atoms with van der Waals surface area (Å²) in [5.41, 5.74) is 0.670. The Morgan fingerprint density at radius 3 is 3.00 bits per heavy atom. The van der Waals surface area contributed by atoms with Crippen molar-refractivity contribution in [2.24, 2.45) is 0 Å². The number of aromatic nitrogens is 1. The summed E-state index contributed by atoms with van der Waals surface area (Å²) in [4.78, 5) is 3.69. The van der Waals surface area contributed by atoms with Crippen LogP contribution in [0, 0.1) is 0 Å². The molecular formula is C7H8F2N2O. The van der Waals surface area contributed by atoms with Gasteiger partial charge in [-0.15, -0.1) is 0 Å². The Bertz CT molecular complexity index is 261. The van der Waals surface area contributed by atoms with E-state index in [0.717, 1.165) is 6.54 Å². The molecule has 0 unspecified atom stereocenters. The van der Waals surface area contributed by atoms with Crippen LogP contribution in [0.25, 0.3) is 0 Å². The molecule has 0 saturated carbocycles. The maximum absolute atomic E-state index is 12.1. The average Bonchev–Trinajstić information content (AvgIpc) is 2.46. The molecule has 0 aliphatic carbocycles. The minimum atomic E-state index is -2.60. The van der Waals surface area contributed by atoms with E-state index in [4.69, 9.17) is 4.42 Å². The molecule has 3 nitrogen and oxygen atoms in total. The zero-order valence-corrected chi connectivity index (χ0v) is 6.31. The van der Waals surface area contributed by atoms with Crippen molar-refractivity contribution in [1.82, 2.24) is 10.3 Å². The van der Waals surface area contributed by atoms with Gasteiger partial charge in [0.25, 0.3) is 5.89 Å². The molecule has 1 aliphatic rings. The molecule has 0 bridgehead atoms. The Morgan fingerprint density at radius 1 is 1.50 bits per heavy atom. The van der Waals surface area contributed by atoms with E-state index in [9.17, 15) is 8.78 Å². The summed E-state index contributed by atoms with van der Waals surface area (Å²) in [5, 5.41) is 3.01. The van der Waals surface area contributed by atoms with Gasteiger partial charge in [-0.05, 0) is 0 Å². The van der Waals surface area contributed by atoms with E-state index in [2.05, 4.69) is 10.3 Å². The van der Waals surface area contributed by atoms with Crippen molar-refractivity contribution in [2.75, 3.05) is 6.54 Å². The third kappa shape index (κ3) is 1.20. The summed E-state index contributed by atoms with van der Waals surface area (Å²) in [7, 11) is 0. The van der Waals surface area contributed by atoms with Gasteiger partial charge in [-0.2, -0.15) is 8.78 Å². The number of hydrogen-bond donors (Lipinski definition) is 1. The number of oxazole rings is 1. The van der Waals surface area contributed by atoms with Gasteiger partial charge in [0.1, 0.15) is 5.76 Å². The third-order valence-electron chi connectivity index (χ3n) is 1.81. The monoisotopic (exact) mass is 174 g/mol. The predicted octanol–water partition coefficient (Wildman–Crippen LogP) is 1.26. The molecule has 1 N–H and O–H groups in total. The number of hydrogen-bond acceptors (Lipinski definition) is 3. The fourth-order valence-corrected chi connectivity index (χ4v) is 1.24. The van der Waals surface area contributed by atoms with E-state index in [1.807, 2.05) is 0 Å². The van der Waals surface area contributed by atoms with Crippen LogP contribution in [0.5, 0.6) is 0 Å². The summed E-state index contributed by atoms with van der Waals surface area (Å²) in [5.74, 6) is 0.0975. The SMILES string of the molecule is FC(F)c1nc2c(o1)CNCC2. The van der Waals surface area contributed by atoms with Gasteiger partial charge in [0.05, 0.1) is 12.2 Å². The quantitative estimate of drug-likeness (QED) is 0.696. The molecule has 5 heteroatoms. The second-order valence-electron chi connectivity index (χ2n) is 2.65. The molecule has 66 valence electrons. The second kappa shape index (κ2) is 2.82. The molecule has 0 aromatic carbocycles. The topological polar surface area (TPSA) is 38.1 Å². The minimum Gasteiger partial charge on any atom is -0.439 e. The maximum atomic E-state index is 12.1. The highest BCUT2D eigenvalue weighted by molar-refractivity contribution is 5.13. The maximum Gasteiger partial charge on any atom is 0.313 e. The minimum absolute atomic E-state index is 0.455. The molecule has 0 spiro atoms. The van der Waals surface area contributed by atoms with Crippen molar-refractivity contribution in [1.29, 1.82) is 0 Å². The fourth-order valence-electron chi connectivity index (χ4n) is 1.24. The molecular weight excluding hydrogens is 166 g/mol. The summed E-state index contributed by atoms with van der Waals surface area (Å²) in [6.07, 6.45) is -1.93. The summed E-state index contributed by atoms with van der Waals surface area (Å²) in [6, 6.07) is 0. The lowest BCUT2D eigenvalue weighted by Gasteiger charge is -2.07. The van der Waals surface area contributed by atoms with Crippen LogP contribution in [-0.2, 0) is 13.0 Å². The van der Waals surface area contributed by atoms with Gasteiger partial charge < -0.3 is 9.73 Å². The van der Waals surface area contributed by atoms with Crippen molar-refractivity contribution in [3.63, 3.8) is 0 Å². The highest BCUT2D eigenvalue weighted by atomic mass is 19.3. The number of nitrogens with zero attached hydrogens (tertiary/aromatic N) is 1. The smallest absolute Gasteiger partial charge is 0.313 e. The van der Waals surface area contributed by atoms with Crippen molar-refractivity contribution < 1.29 is 13.2 Å². The standard InChI is InChI=1S/C7H8F2N2O/c8-6(9)7-11-4-1-2-10-3-5(4)12-7/h6,10H,1-3H2. The fraction of sp³-hybridized carbons (Fsp3) is 0.571. The molecule has 12 heavy (non-hydrogen) atoms. The number of fused-ring (bicyclic) bond motifs is 1. The zero-order valence-electron chi connectivity index (χ0n) is 6.31. The van der Waals surface area contributed by atoms with Crippen LogP contribution < -0.4 is 5.32 Å². The molecule has 1 aromatic rings. The van der Waals surface area contributed by atoms with Gasteiger partial charge in [0, 0.05) is 13.0 Å². The van der Waals surface area contributed by atoms with E-state index in [-0.39, 0.29) is 0 Å². The van der Waals surface area contributed by atoms with E-state index >= 15 is 0 Å². The Kier molecular flexibility index (Phi) is 1.80. The Morgan fingerprint density at radius 2 is 2.33 bits per heavy atom. The van der Waals surface area contributed by atoms with Crippen molar-refractivity contribution in [3.8, 4) is 0 Å². The summed E-state index contributed by atoms with van der Waals surface area (Å²) in [6.45, 7) is 1.29. The highest BCUT2D eigenvalue weighted by Crippen LogP contribution is 2.22. The Hall–Kier alpha value is -0.970. The molecule has 2 heterocycles. The lowest BCUT2D eigenvalue weighted by molar-refractivity contribution is 0.113. The normalized spacial score (nSPS) is 16.6. The van der Waals surface area contributed by atoms with E-state index in [0.29, 0.717) is 24.4 Å². The first-order valence-electron chi connectivity index (χ1n) is 3.74. The van der Waals surface area contributed by atoms with Gasteiger partial charge in [-0.25, -0.2) is 4.98 Å². The van der Waals surface area contributed by atoms with E-state index in [1.165, 1.54) is 0 Å². The van der Waals surface area contributed by atoms with Crippen molar-refractivity contribution in [3.05, 3.63) is 17.3 Å². The second-order valence-corrected chi connectivity index (χ2v) is 2.65. The van der Waals surface area contributed by atoms with Crippen LogP contribution >= 0.6 is 0 Å². The first kappa shape index (κ1) is 7.67. The van der Waals surface area contributed by atoms with Gasteiger partial charge in [-0.3, -0.25) is 0 Å². The lowest BCUT2D eigenvalue weighted by Crippen LogP contribution is -2.22. The summed E-state index contributed by atoms with van der Waals surface area (Å²) >= 11 is 0. The van der Waals surface area contributed by atoms with Crippen molar-refractivity contribution in [2.45, 2.75) is 19.4 Å². The predicted molar refractivity (Wildman–Crippen MR) is 36.9 cm³/mol. The Balaban J connectivity index is 2.32. The van der Waals surface area contributed by atoms with Crippen LogP contribution in [-0.4, -0.2) is 11.5 Å². The molecule has 0 amide bonds. The largest absolute Gasteiger partial charge is 0.439 e. The third-order valence-corrected chi connectivity index (χ3v) is 1.81. The molecule has 0 fully saturated rings. The molecule has 1 aliphatic heterocycles. The van der Waals surface area contributed by atoms with E-state index < -0.39 is 12.3 Å². The van der Waals surface area contributed by atoms with E-state index in [1.54, 1.807) is 0 Å².